The zero-order valence-corrected chi connectivity index (χ0v) is 19.8. The van der Waals surface area contributed by atoms with E-state index in [0.717, 1.165) is 56.9 Å². The molecule has 0 aliphatic carbocycles. The molecule has 2 fully saturated rings. The first-order chi connectivity index (χ1) is 13.0. The lowest BCUT2D eigenvalue weighted by molar-refractivity contribution is -0.128. The van der Waals surface area contributed by atoms with Crippen molar-refractivity contribution in [3.05, 3.63) is 35.4 Å². The van der Waals surface area contributed by atoms with Crippen molar-refractivity contribution in [2.24, 2.45) is 16.8 Å². The summed E-state index contributed by atoms with van der Waals surface area (Å²) in [6, 6.07) is 8.59. The standard InChI is InChI=1S/C22H34N4O.HI/c1-17(2)13-20-10-12-26(16-20)22(23-3)24-14-18-6-8-19(9-7-18)15-25-11-4-5-21(25)27;/h6-9,17,20H,4-5,10-16H2,1-3H3,(H,23,24);1H. The number of aliphatic imine (C=N–C) groups is 1. The minimum atomic E-state index is 0. The van der Waals surface area contributed by atoms with Gasteiger partial charge in [-0.2, -0.15) is 0 Å². The smallest absolute Gasteiger partial charge is 0.222 e. The number of likely N-dealkylation sites (tertiary alicyclic amines) is 2. The second-order valence-corrected chi connectivity index (χ2v) is 8.37. The van der Waals surface area contributed by atoms with Crippen LogP contribution in [-0.4, -0.2) is 48.3 Å². The van der Waals surface area contributed by atoms with Gasteiger partial charge in [0.25, 0.3) is 0 Å². The van der Waals surface area contributed by atoms with E-state index in [0.29, 0.717) is 6.42 Å². The van der Waals surface area contributed by atoms with Crippen LogP contribution in [0, 0.1) is 11.8 Å². The summed E-state index contributed by atoms with van der Waals surface area (Å²) >= 11 is 0. The van der Waals surface area contributed by atoms with Crippen molar-refractivity contribution in [2.75, 3.05) is 26.7 Å². The van der Waals surface area contributed by atoms with Gasteiger partial charge in [0.05, 0.1) is 0 Å². The molecule has 1 amide bonds. The summed E-state index contributed by atoms with van der Waals surface area (Å²) < 4.78 is 0. The number of halogens is 1. The van der Waals surface area contributed by atoms with E-state index >= 15 is 0 Å². The van der Waals surface area contributed by atoms with Gasteiger partial charge < -0.3 is 15.1 Å². The van der Waals surface area contributed by atoms with Crippen LogP contribution in [0.3, 0.4) is 0 Å². The molecule has 1 N–H and O–H groups in total. The summed E-state index contributed by atoms with van der Waals surface area (Å²) in [6.45, 7) is 9.23. The lowest BCUT2D eigenvalue weighted by atomic mass is 9.97. The normalized spacial score (nSPS) is 20.1. The fourth-order valence-corrected chi connectivity index (χ4v) is 4.25. The summed E-state index contributed by atoms with van der Waals surface area (Å²) in [5.41, 5.74) is 2.44. The molecule has 6 heteroatoms. The highest BCUT2D eigenvalue weighted by Gasteiger charge is 2.25. The number of guanidine groups is 1. The number of rotatable bonds is 6. The van der Waals surface area contributed by atoms with Crippen molar-refractivity contribution in [1.82, 2.24) is 15.1 Å². The van der Waals surface area contributed by atoms with Crippen LogP contribution in [0.25, 0.3) is 0 Å². The molecule has 2 aliphatic rings. The number of carbonyl (C=O) groups excluding carboxylic acids is 1. The molecular weight excluding hydrogens is 463 g/mol. The molecular formula is C22H35IN4O. The van der Waals surface area contributed by atoms with Gasteiger partial charge >= 0.3 is 0 Å². The monoisotopic (exact) mass is 498 g/mol. The maximum absolute atomic E-state index is 11.8. The first kappa shape index (κ1) is 23.0. The number of nitrogens with zero attached hydrogens (tertiary/aromatic N) is 3. The second kappa shape index (κ2) is 11.0. The summed E-state index contributed by atoms with van der Waals surface area (Å²) in [5, 5.41) is 3.51. The molecule has 0 spiro atoms. The van der Waals surface area contributed by atoms with Gasteiger partial charge in [0.1, 0.15) is 0 Å². The summed E-state index contributed by atoms with van der Waals surface area (Å²) in [4.78, 5) is 20.6. The van der Waals surface area contributed by atoms with Crippen LogP contribution in [0.1, 0.15) is 50.7 Å². The molecule has 0 bridgehead atoms. The van der Waals surface area contributed by atoms with E-state index in [9.17, 15) is 4.79 Å². The Morgan fingerprint density at radius 2 is 1.93 bits per heavy atom. The van der Waals surface area contributed by atoms with E-state index in [1.807, 2.05) is 11.9 Å². The summed E-state index contributed by atoms with van der Waals surface area (Å²) in [6.07, 6.45) is 4.27. The Hall–Kier alpha value is -1.31. The Kier molecular flexibility index (Phi) is 9.05. The number of hydrogen-bond acceptors (Lipinski definition) is 2. The van der Waals surface area contributed by atoms with Gasteiger partial charge in [0.2, 0.25) is 5.91 Å². The van der Waals surface area contributed by atoms with Crippen molar-refractivity contribution in [3.63, 3.8) is 0 Å². The fourth-order valence-electron chi connectivity index (χ4n) is 4.25. The molecule has 0 aromatic heterocycles. The minimum absolute atomic E-state index is 0. The zero-order valence-electron chi connectivity index (χ0n) is 17.5. The van der Waals surface area contributed by atoms with Crippen molar-refractivity contribution in [2.45, 2.75) is 52.6 Å². The van der Waals surface area contributed by atoms with Crippen LogP contribution in [0.5, 0.6) is 0 Å². The molecule has 2 saturated heterocycles. The van der Waals surface area contributed by atoms with E-state index in [-0.39, 0.29) is 29.9 Å². The van der Waals surface area contributed by atoms with E-state index in [1.54, 1.807) is 0 Å². The molecule has 0 saturated carbocycles. The Balaban J connectivity index is 0.00000280. The summed E-state index contributed by atoms with van der Waals surface area (Å²) in [5.74, 6) is 2.84. The largest absolute Gasteiger partial charge is 0.352 e. The fraction of sp³-hybridized carbons (Fsp3) is 0.636. The third-order valence-electron chi connectivity index (χ3n) is 5.62. The van der Waals surface area contributed by atoms with Crippen LogP contribution in [0.4, 0.5) is 0 Å². The maximum atomic E-state index is 11.8. The highest BCUT2D eigenvalue weighted by Crippen LogP contribution is 2.23. The third-order valence-corrected chi connectivity index (χ3v) is 5.62. The van der Waals surface area contributed by atoms with Gasteiger partial charge in [-0.25, -0.2) is 0 Å². The van der Waals surface area contributed by atoms with Gasteiger partial charge in [-0.05, 0) is 42.2 Å². The molecule has 0 radical (unpaired) electrons. The SMILES string of the molecule is CN=C(NCc1ccc(CN2CCCC2=O)cc1)N1CCC(CC(C)C)C1.I. The summed E-state index contributed by atoms with van der Waals surface area (Å²) in [7, 11) is 1.87. The topological polar surface area (TPSA) is 47.9 Å². The molecule has 2 heterocycles. The predicted octanol–water partition coefficient (Wildman–Crippen LogP) is 3.87. The van der Waals surface area contributed by atoms with Gasteiger partial charge in [0, 0.05) is 46.2 Å². The maximum Gasteiger partial charge on any atom is 0.222 e. The number of hydrogen-bond donors (Lipinski definition) is 1. The first-order valence-corrected chi connectivity index (χ1v) is 10.4. The number of nitrogens with one attached hydrogen (secondary N) is 1. The quantitative estimate of drug-likeness (QED) is 0.368. The van der Waals surface area contributed by atoms with Crippen molar-refractivity contribution in [3.8, 4) is 0 Å². The minimum Gasteiger partial charge on any atom is -0.352 e. The molecule has 5 nitrogen and oxygen atoms in total. The zero-order chi connectivity index (χ0) is 19.2. The Labute approximate surface area is 187 Å². The van der Waals surface area contributed by atoms with Crippen molar-refractivity contribution >= 4 is 35.8 Å². The van der Waals surface area contributed by atoms with Crippen LogP contribution < -0.4 is 5.32 Å². The van der Waals surface area contributed by atoms with Crippen molar-refractivity contribution in [1.29, 1.82) is 0 Å². The predicted molar refractivity (Wildman–Crippen MR) is 126 cm³/mol. The van der Waals surface area contributed by atoms with E-state index in [4.69, 9.17) is 0 Å². The molecule has 1 unspecified atom stereocenters. The molecule has 2 aliphatic heterocycles. The number of carbonyl (C=O) groups is 1. The first-order valence-electron chi connectivity index (χ1n) is 10.4. The molecule has 28 heavy (non-hydrogen) atoms. The van der Waals surface area contributed by atoms with Gasteiger partial charge in [0.15, 0.2) is 5.96 Å². The highest BCUT2D eigenvalue weighted by atomic mass is 127. The molecule has 1 aromatic rings. The van der Waals surface area contributed by atoms with E-state index in [2.05, 4.69) is 53.3 Å². The third kappa shape index (κ3) is 6.36. The van der Waals surface area contributed by atoms with Crippen LogP contribution in [0.2, 0.25) is 0 Å². The molecule has 156 valence electrons. The van der Waals surface area contributed by atoms with Crippen LogP contribution in [0.15, 0.2) is 29.3 Å². The second-order valence-electron chi connectivity index (χ2n) is 8.37. The van der Waals surface area contributed by atoms with Crippen LogP contribution in [-0.2, 0) is 17.9 Å². The Bertz CT molecular complexity index is 659. The van der Waals surface area contributed by atoms with E-state index < -0.39 is 0 Å². The molecule has 1 atom stereocenters. The average Bonchev–Trinajstić information content (AvgIpc) is 3.26. The number of benzene rings is 1. The lowest BCUT2D eigenvalue weighted by Crippen LogP contribution is -2.39. The van der Waals surface area contributed by atoms with Gasteiger partial charge in [-0.15, -0.1) is 24.0 Å². The molecule has 3 rings (SSSR count). The van der Waals surface area contributed by atoms with Crippen LogP contribution >= 0.6 is 24.0 Å². The van der Waals surface area contributed by atoms with E-state index in [1.165, 1.54) is 24.0 Å². The lowest BCUT2D eigenvalue weighted by Gasteiger charge is -2.22. The van der Waals surface area contributed by atoms with Gasteiger partial charge in [-0.1, -0.05) is 38.1 Å². The van der Waals surface area contributed by atoms with Gasteiger partial charge in [-0.3, -0.25) is 9.79 Å². The Morgan fingerprint density at radius 3 is 2.54 bits per heavy atom. The van der Waals surface area contributed by atoms with Crippen molar-refractivity contribution < 1.29 is 4.79 Å². The highest BCUT2D eigenvalue weighted by molar-refractivity contribution is 14.0. The number of amides is 1. The average molecular weight is 498 g/mol. The Morgan fingerprint density at radius 1 is 1.21 bits per heavy atom. The molecule has 1 aromatic carbocycles.